The third-order valence-corrected chi connectivity index (χ3v) is 5.06. The number of amides is 1. The van der Waals surface area contributed by atoms with Crippen molar-refractivity contribution in [3.05, 3.63) is 58.9 Å². The standard InChI is InChI=1S/C19H15NO7S/c1-10-15(27-9-14(21)22)17(19(24)25)28-16(10)11-4-2-5-12(8-11)20-18(23)13-6-3-7-26-13/h2-8H,9H2,1H3,(H,20,23)(H,21,22)(H,24,25). The molecule has 1 aromatic carbocycles. The summed E-state index contributed by atoms with van der Waals surface area (Å²) in [5.74, 6) is -2.63. The fourth-order valence-electron chi connectivity index (χ4n) is 2.56. The van der Waals surface area contributed by atoms with Gasteiger partial charge in [0, 0.05) is 16.1 Å². The van der Waals surface area contributed by atoms with Crippen LogP contribution in [0.2, 0.25) is 0 Å². The Balaban J connectivity index is 1.93. The zero-order valence-electron chi connectivity index (χ0n) is 14.6. The van der Waals surface area contributed by atoms with Crippen LogP contribution in [0.1, 0.15) is 25.8 Å². The highest BCUT2D eigenvalue weighted by atomic mass is 32.1. The molecule has 3 rings (SSSR count). The summed E-state index contributed by atoms with van der Waals surface area (Å²) in [5, 5.41) is 20.9. The lowest BCUT2D eigenvalue weighted by Crippen LogP contribution is -2.11. The van der Waals surface area contributed by atoms with Crippen LogP contribution >= 0.6 is 11.3 Å². The van der Waals surface area contributed by atoms with Crippen molar-refractivity contribution in [3.63, 3.8) is 0 Å². The molecule has 0 bridgehead atoms. The Morgan fingerprint density at radius 3 is 2.61 bits per heavy atom. The molecule has 0 spiro atoms. The first-order valence-corrected chi connectivity index (χ1v) is 8.85. The highest BCUT2D eigenvalue weighted by Gasteiger charge is 2.23. The van der Waals surface area contributed by atoms with E-state index in [4.69, 9.17) is 14.3 Å². The van der Waals surface area contributed by atoms with E-state index in [-0.39, 0.29) is 16.4 Å². The van der Waals surface area contributed by atoms with Gasteiger partial charge in [0.2, 0.25) is 0 Å². The van der Waals surface area contributed by atoms with Crippen LogP contribution in [0.3, 0.4) is 0 Å². The first kappa shape index (κ1) is 19.2. The molecule has 28 heavy (non-hydrogen) atoms. The summed E-state index contributed by atoms with van der Waals surface area (Å²) >= 11 is 0.976. The van der Waals surface area contributed by atoms with E-state index in [0.29, 0.717) is 21.7 Å². The van der Waals surface area contributed by atoms with Crippen molar-refractivity contribution < 1.29 is 33.8 Å². The molecule has 0 unspecified atom stereocenters. The summed E-state index contributed by atoms with van der Waals surface area (Å²) in [6.45, 7) is 1.01. The van der Waals surface area contributed by atoms with Crippen molar-refractivity contribution in [2.75, 3.05) is 11.9 Å². The van der Waals surface area contributed by atoms with Gasteiger partial charge in [-0.2, -0.15) is 0 Å². The molecule has 144 valence electrons. The Morgan fingerprint density at radius 1 is 1.18 bits per heavy atom. The minimum atomic E-state index is -1.21. The number of ether oxygens (including phenoxy) is 1. The molecule has 0 aliphatic heterocycles. The number of hydrogen-bond acceptors (Lipinski definition) is 6. The fourth-order valence-corrected chi connectivity index (χ4v) is 3.65. The van der Waals surface area contributed by atoms with Gasteiger partial charge in [0.05, 0.1) is 6.26 Å². The number of furan rings is 1. The number of aliphatic carboxylic acids is 1. The summed E-state index contributed by atoms with van der Waals surface area (Å²) in [4.78, 5) is 34.9. The maximum absolute atomic E-state index is 12.1. The number of nitrogens with one attached hydrogen (secondary N) is 1. The average Bonchev–Trinajstić information content (AvgIpc) is 3.28. The van der Waals surface area contributed by atoms with Crippen LogP contribution in [0.4, 0.5) is 5.69 Å². The van der Waals surface area contributed by atoms with Gasteiger partial charge in [0.1, 0.15) is 5.75 Å². The van der Waals surface area contributed by atoms with Gasteiger partial charge in [-0.05, 0) is 36.8 Å². The Morgan fingerprint density at radius 2 is 1.96 bits per heavy atom. The van der Waals surface area contributed by atoms with Gasteiger partial charge in [-0.15, -0.1) is 11.3 Å². The maximum atomic E-state index is 12.1. The van der Waals surface area contributed by atoms with Crippen molar-refractivity contribution in [2.24, 2.45) is 0 Å². The Labute approximate surface area is 163 Å². The number of anilines is 1. The first-order valence-electron chi connectivity index (χ1n) is 8.03. The fraction of sp³-hybridized carbons (Fsp3) is 0.105. The van der Waals surface area contributed by atoms with Crippen molar-refractivity contribution >= 4 is 34.9 Å². The molecule has 2 aromatic heterocycles. The molecule has 1 amide bonds. The van der Waals surface area contributed by atoms with Crippen LogP contribution in [0, 0.1) is 6.92 Å². The smallest absolute Gasteiger partial charge is 0.349 e. The second kappa shape index (κ2) is 7.97. The molecular weight excluding hydrogens is 386 g/mol. The lowest BCUT2D eigenvalue weighted by Gasteiger charge is -2.07. The molecule has 0 aliphatic rings. The van der Waals surface area contributed by atoms with E-state index >= 15 is 0 Å². The molecule has 0 radical (unpaired) electrons. The lowest BCUT2D eigenvalue weighted by molar-refractivity contribution is -0.139. The topological polar surface area (TPSA) is 126 Å². The average molecular weight is 401 g/mol. The van der Waals surface area contributed by atoms with Crippen LogP contribution in [0.15, 0.2) is 47.1 Å². The van der Waals surface area contributed by atoms with E-state index in [2.05, 4.69) is 5.32 Å². The van der Waals surface area contributed by atoms with Crippen molar-refractivity contribution in [2.45, 2.75) is 6.92 Å². The predicted molar refractivity (Wildman–Crippen MR) is 101 cm³/mol. The number of hydrogen-bond donors (Lipinski definition) is 3. The first-order chi connectivity index (χ1) is 13.4. The van der Waals surface area contributed by atoms with E-state index < -0.39 is 24.5 Å². The molecule has 0 atom stereocenters. The van der Waals surface area contributed by atoms with Crippen LogP contribution in [0.5, 0.6) is 5.75 Å². The number of carboxylic acids is 2. The van der Waals surface area contributed by atoms with Gasteiger partial charge >= 0.3 is 11.9 Å². The normalized spacial score (nSPS) is 10.5. The number of carboxylic acid groups (broad SMARTS) is 2. The number of rotatable bonds is 7. The van der Waals surface area contributed by atoms with Gasteiger partial charge in [-0.3, -0.25) is 4.79 Å². The maximum Gasteiger partial charge on any atom is 0.349 e. The molecule has 0 saturated heterocycles. The van der Waals surface area contributed by atoms with Gasteiger partial charge in [0.25, 0.3) is 5.91 Å². The molecule has 0 fully saturated rings. The number of carbonyl (C=O) groups is 3. The lowest BCUT2D eigenvalue weighted by atomic mass is 10.1. The van der Waals surface area contributed by atoms with Crippen LogP contribution in [-0.2, 0) is 4.79 Å². The monoisotopic (exact) mass is 401 g/mol. The summed E-state index contributed by atoms with van der Waals surface area (Å²) < 4.78 is 10.2. The van der Waals surface area contributed by atoms with Crippen molar-refractivity contribution in [1.82, 2.24) is 0 Å². The number of thiophene rings is 1. The summed E-state index contributed by atoms with van der Waals surface area (Å²) in [6.07, 6.45) is 1.40. The molecular formula is C19H15NO7S. The predicted octanol–water partition coefficient (Wildman–Crippen LogP) is 3.73. The molecule has 0 saturated carbocycles. The largest absolute Gasteiger partial charge is 0.480 e. The zero-order valence-corrected chi connectivity index (χ0v) is 15.4. The minimum absolute atomic E-state index is 0.0277. The van der Waals surface area contributed by atoms with E-state index in [0.717, 1.165) is 11.3 Å². The van der Waals surface area contributed by atoms with Gasteiger partial charge in [-0.1, -0.05) is 12.1 Å². The molecule has 9 heteroatoms. The van der Waals surface area contributed by atoms with E-state index in [1.165, 1.54) is 12.3 Å². The second-order valence-corrected chi connectivity index (χ2v) is 6.73. The highest BCUT2D eigenvalue weighted by molar-refractivity contribution is 7.18. The SMILES string of the molecule is Cc1c(-c2cccc(NC(=O)c3ccco3)c2)sc(C(=O)O)c1OCC(=O)O. The molecule has 3 N–H and O–H groups in total. The van der Waals surface area contributed by atoms with E-state index in [9.17, 15) is 19.5 Å². The molecule has 3 aromatic rings. The van der Waals surface area contributed by atoms with Crippen molar-refractivity contribution in [3.8, 4) is 16.2 Å². The minimum Gasteiger partial charge on any atom is -0.480 e. The van der Waals surface area contributed by atoms with E-state index in [1.54, 1.807) is 37.3 Å². The van der Waals surface area contributed by atoms with Crippen LogP contribution < -0.4 is 10.1 Å². The van der Waals surface area contributed by atoms with Crippen LogP contribution in [0.25, 0.3) is 10.4 Å². The molecule has 2 heterocycles. The number of carbonyl (C=O) groups excluding carboxylic acids is 1. The molecule has 0 aliphatic carbocycles. The van der Waals surface area contributed by atoms with Crippen molar-refractivity contribution in [1.29, 1.82) is 0 Å². The van der Waals surface area contributed by atoms with Crippen LogP contribution in [-0.4, -0.2) is 34.7 Å². The summed E-state index contributed by atoms with van der Waals surface area (Å²) in [5.41, 5.74) is 1.67. The third-order valence-electron chi connectivity index (χ3n) is 3.75. The number of benzene rings is 1. The second-order valence-electron chi connectivity index (χ2n) is 5.71. The number of aromatic carboxylic acids is 1. The Bertz CT molecular complexity index is 1040. The highest BCUT2D eigenvalue weighted by Crippen LogP contribution is 2.42. The summed E-state index contributed by atoms with van der Waals surface area (Å²) in [7, 11) is 0. The van der Waals surface area contributed by atoms with E-state index in [1.807, 2.05) is 0 Å². The molecule has 8 nitrogen and oxygen atoms in total. The zero-order chi connectivity index (χ0) is 20.3. The third kappa shape index (κ3) is 4.04. The van der Waals surface area contributed by atoms with Gasteiger partial charge in [0.15, 0.2) is 17.2 Å². The quantitative estimate of drug-likeness (QED) is 0.550. The van der Waals surface area contributed by atoms with Gasteiger partial charge in [-0.25, -0.2) is 9.59 Å². The van der Waals surface area contributed by atoms with Gasteiger partial charge < -0.3 is 24.7 Å². The Hall–Kier alpha value is -3.59. The summed E-state index contributed by atoms with van der Waals surface area (Å²) in [6, 6.07) is 9.98. The Kier molecular flexibility index (Phi) is 5.46.